The molecule has 21 heavy (non-hydrogen) atoms. The zero-order chi connectivity index (χ0) is 15.9. The van der Waals surface area contributed by atoms with Gasteiger partial charge in [0.15, 0.2) is 0 Å². The summed E-state index contributed by atoms with van der Waals surface area (Å²) in [5.41, 5.74) is 1.60. The summed E-state index contributed by atoms with van der Waals surface area (Å²) < 4.78 is 32.1. The van der Waals surface area contributed by atoms with Crippen molar-refractivity contribution >= 4 is 10.0 Å². The molecule has 0 aliphatic rings. The van der Waals surface area contributed by atoms with Gasteiger partial charge in [0.1, 0.15) is 0 Å². The van der Waals surface area contributed by atoms with E-state index in [1.165, 1.54) is 6.07 Å². The first-order valence-electron chi connectivity index (χ1n) is 7.20. The monoisotopic (exact) mass is 315 g/mol. The summed E-state index contributed by atoms with van der Waals surface area (Å²) in [5, 5.41) is 9.30. The van der Waals surface area contributed by atoms with Gasteiger partial charge in [0.05, 0.1) is 18.1 Å². The normalized spacial score (nSPS) is 12.0. The van der Waals surface area contributed by atoms with Gasteiger partial charge in [0.2, 0.25) is 10.0 Å². The number of aryl methyl sites for hydroxylation is 1. The van der Waals surface area contributed by atoms with Gasteiger partial charge in [-0.1, -0.05) is 26.8 Å². The van der Waals surface area contributed by atoms with Crippen molar-refractivity contribution in [3.8, 4) is 0 Å². The molecule has 0 aromatic heterocycles. The minimum absolute atomic E-state index is 0.163. The van der Waals surface area contributed by atoms with Crippen molar-refractivity contribution in [1.29, 1.82) is 0 Å². The zero-order valence-corrected chi connectivity index (χ0v) is 13.7. The van der Waals surface area contributed by atoms with E-state index in [0.29, 0.717) is 24.7 Å². The SMILES string of the molecule is CCc1ccc(S(=O)(=O)NCCOCC(C)C)cc1CO. The van der Waals surface area contributed by atoms with Gasteiger partial charge in [0, 0.05) is 13.2 Å². The molecule has 0 aliphatic heterocycles. The number of rotatable bonds is 9. The third-order valence-electron chi connectivity index (χ3n) is 3.03. The lowest BCUT2D eigenvalue weighted by atomic mass is 10.1. The van der Waals surface area contributed by atoms with E-state index in [1.54, 1.807) is 12.1 Å². The van der Waals surface area contributed by atoms with Gasteiger partial charge in [-0.2, -0.15) is 0 Å². The second-order valence-corrected chi connectivity index (χ2v) is 7.08. The molecule has 0 unspecified atom stereocenters. The first-order valence-corrected chi connectivity index (χ1v) is 8.69. The maximum Gasteiger partial charge on any atom is 0.240 e. The van der Waals surface area contributed by atoms with Gasteiger partial charge >= 0.3 is 0 Å². The smallest absolute Gasteiger partial charge is 0.240 e. The van der Waals surface area contributed by atoms with Crippen LogP contribution < -0.4 is 4.72 Å². The molecule has 1 aromatic carbocycles. The minimum atomic E-state index is -3.56. The first kappa shape index (κ1) is 18.1. The Labute approximate surface area is 127 Å². The number of hydrogen-bond donors (Lipinski definition) is 2. The van der Waals surface area contributed by atoms with Crippen molar-refractivity contribution in [1.82, 2.24) is 4.72 Å². The number of hydrogen-bond acceptors (Lipinski definition) is 4. The molecule has 0 fully saturated rings. The van der Waals surface area contributed by atoms with E-state index in [4.69, 9.17) is 4.74 Å². The fourth-order valence-electron chi connectivity index (χ4n) is 1.91. The van der Waals surface area contributed by atoms with E-state index in [-0.39, 0.29) is 18.0 Å². The van der Waals surface area contributed by atoms with Crippen LogP contribution in [0.25, 0.3) is 0 Å². The summed E-state index contributed by atoms with van der Waals surface area (Å²) in [5.74, 6) is 0.426. The lowest BCUT2D eigenvalue weighted by Gasteiger charge is -2.11. The van der Waals surface area contributed by atoms with Gasteiger partial charge in [-0.05, 0) is 35.6 Å². The van der Waals surface area contributed by atoms with Crippen molar-refractivity contribution in [2.24, 2.45) is 5.92 Å². The molecular formula is C15H25NO4S. The molecule has 0 heterocycles. The highest BCUT2D eigenvalue weighted by Gasteiger charge is 2.15. The average molecular weight is 315 g/mol. The lowest BCUT2D eigenvalue weighted by Crippen LogP contribution is -2.28. The fourth-order valence-corrected chi connectivity index (χ4v) is 2.98. The molecule has 5 nitrogen and oxygen atoms in total. The molecule has 0 aliphatic carbocycles. The van der Waals surface area contributed by atoms with Crippen molar-refractivity contribution in [3.05, 3.63) is 29.3 Å². The van der Waals surface area contributed by atoms with Crippen LogP contribution in [0.15, 0.2) is 23.1 Å². The predicted octanol–water partition coefficient (Wildman–Crippen LogP) is 1.69. The summed E-state index contributed by atoms with van der Waals surface area (Å²) in [6, 6.07) is 4.83. The Bertz CT molecular complexity index is 541. The summed E-state index contributed by atoms with van der Waals surface area (Å²) >= 11 is 0. The lowest BCUT2D eigenvalue weighted by molar-refractivity contribution is 0.114. The molecule has 0 radical (unpaired) electrons. The standard InChI is InChI=1S/C15H25NO4S/c1-4-13-5-6-15(9-14(13)10-17)21(18,19)16-7-8-20-11-12(2)3/h5-6,9,12,16-17H,4,7-8,10-11H2,1-3H3. The van der Waals surface area contributed by atoms with Crippen LogP contribution in [0, 0.1) is 5.92 Å². The Morgan fingerprint density at radius 2 is 2.00 bits per heavy atom. The van der Waals surface area contributed by atoms with Gasteiger partial charge in [0.25, 0.3) is 0 Å². The maximum absolute atomic E-state index is 12.1. The summed E-state index contributed by atoms with van der Waals surface area (Å²) in [7, 11) is -3.56. The van der Waals surface area contributed by atoms with Crippen LogP contribution in [0.3, 0.4) is 0 Å². The number of aliphatic hydroxyl groups excluding tert-OH is 1. The van der Waals surface area contributed by atoms with Crippen LogP contribution in [0.2, 0.25) is 0 Å². The van der Waals surface area contributed by atoms with Gasteiger partial charge in [-0.25, -0.2) is 13.1 Å². The molecule has 1 rings (SSSR count). The summed E-state index contributed by atoms with van der Waals surface area (Å²) in [4.78, 5) is 0.174. The van der Waals surface area contributed by atoms with E-state index in [1.807, 2.05) is 20.8 Å². The molecular weight excluding hydrogens is 290 g/mol. The van der Waals surface area contributed by atoms with Crippen molar-refractivity contribution < 1.29 is 18.3 Å². The highest BCUT2D eigenvalue weighted by atomic mass is 32.2. The van der Waals surface area contributed by atoms with Crippen LogP contribution in [0.4, 0.5) is 0 Å². The van der Waals surface area contributed by atoms with E-state index in [9.17, 15) is 13.5 Å². The topological polar surface area (TPSA) is 75.6 Å². The van der Waals surface area contributed by atoms with Crippen molar-refractivity contribution in [2.75, 3.05) is 19.8 Å². The Morgan fingerprint density at radius 1 is 1.29 bits per heavy atom. The van der Waals surface area contributed by atoms with Crippen molar-refractivity contribution in [2.45, 2.75) is 38.7 Å². The highest BCUT2D eigenvalue weighted by Crippen LogP contribution is 2.16. The third-order valence-corrected chi connectivity index (χ3v) is 4.49. The molecule has 0 saturated carbocycles. The number of nitrogens with one attached hydrogen (secondary N) is 1. The highest BCUT2D eigenvalue weighted by molar-refractivity contribution is 7.89. The second-order valence-electron chi connectivity index (χ2n) is 5.31. The van der Waals surface area contributed by atoms with E-state index < -0.39 is 10.0 Å². The number of ether oxygens (including phenoxy) is 1. The van der Waals surface area contributed by atoms with Gasteiger partial charge in [-0.3, -0.25) is 0 Å². The molecule has 2 N–H and O–H groups in total. The van der Waals surface area contributed by atoms with Crippen molar-refractivity contribution in [3.63, 3.8) is 0 Å². The van der Waals surface area contributed by atoms with E-state index in [2.05, 4.69) is 4.72 Å². The molecule has 1 aromatic rings. The fraction of sp³-hybridized carbons (Fsp3) is 0.600. The number of benzene rings is 1. The van der Waals surface area contributed by atoms with Crippen LogP contribution in [0.1, 0.15) is 31.9 Å². The number of sulfonamides is 1. The molecule has 120 valence electrons. The summed E-state index contributed by atoms with van der Waals surface area (Å²) in [6.45, 7) is 7.07. The number of aliphatic hydroxyl groups is 1. The molecule has 6 heteroatoms. The summed E-state index contributed by atoms with van der Waals surface area (Å²) in [6.07, 6.45) is 0.757. The quantitative estimate of drug-likeness (QED) is 0.680. The Hall–Kier alpha value is -0.950. The van der Waals surface area contributed by atoms with Gasteiger partial charge in [-0.15, -0.1) is 0 Å². The maximum atomic E-state index is 12.1. The Balaban J connectivity index is 2.66. The molecule has 0 spiro atoms. The molecule has 0 atom stereocenters. The molecule has 0 bridgehead atoms. The average Bonchev–Trinajstić information content (AvgIpc) is 2.45. The van der Waals surface area contributed by atoms with E-state index >= 15 is 0 Å². The van der Waals surface area contributed by atoms with Crippen LogP contribution in [0.5, 0.6) is 0 Å². The van der Waals surface area contributed by atoms with Crippen LogP contribution in [-0.2, 0) is 27.8 Å². The van der Waals surface area contributed by atoms with Crippen LogP contribution >= 0.6 is 0 Å². The second kappa shape index (κ2) is 8.48. The van der Waals surface area contributed by atoms with Gasteiger partial charge < -0.3 is 9.84 Å². The predicted molar refractivity (Wildman–Crippen MR) is 82.6 cm³/mol. The van der Waals surface area contributed by atoms with E-state index in [0.717, 1.165) is 12.0 Å². The molecule has 0 saturated heterocycles. The Morgan fingerprint density at radius 3 is 2.57 bits per heavy atom. The zero-order valence-electron chi connectivity index (χ0n) is 12.9. The minimum Gasteiger partial charge on any atom is -0.392 e. The third kappa shape index (κ3) is 5.74. The Kier molecular flexibility index (Phi) is 7.31. The molecule has 0 amide bonds. The largest absolute Gasteiger partial charge is 0.392 e. The first-order chi connectivity index (χ1) is 9.90. The van der Waals surface area contributed by atoms with Crippen LogP contribution in [-0.4, -0.2) is 33.3 Å².